The quantitative estimate of drug-likeness (QED) is 0.219. The van der Waals surface area contributed by atoms with Gasteiger partial charge >= 0.3 is 0 Å². The molecule has 0 bridgehead atoms. The van der Waals surface area contributed by atoms with Crippen LogP contribution >= 0.6 is 0 Å². The second-order valence-corrected chi connectivity index (χ2v) is 26.4. The van der Waals surface area contributed by atoms with Crippen LogP contribution in [0.15, 0.2) is 0 Å². The van der Waals surface area contributed by atoms with E-state index in [1.807, 2.05) is 0 Å². The molecule has 0 aromatic heterocycles. The van der Waals surface area contributed by atoms with Crippen molar-refractivity contribution >= 4 is 9.84 Å². The summed E-state index contributed by atoms with van der Waals surface area (Å²) in [6.07, 6.45) is 54.0. The average Bonchev–Trinajstić information content (AvgIpc) is 3.64. The van der Waals surface area contributed by atoms with Crippen molar-refractivity contribution in [2.45, 2.75) is 315 Å². The summed E-state index contributed by atoms with van der Waals surface area (Å²) in [5.41, 5.74) is 0. The van der Waals surface area contributed by atoms with Crippen LogP contribution in [0.2, 0.25) is 0 Å². The Bertz CT molecular complexity index is 1320. The fourth-order valence-electron chi connectivity index (χ4n) is 18.1. The highest BCUT2D eigenvalue weighted by Crippen LogP contribution is 2.55. The lowest BCUT2D eigenvalue weighted by Crippen LogP contribution is -2.55. The molecule has 6 heteroatoms. The minimum Gasteiger partial charge on any atom is -0.294 e. The zero-order valence-electron chi connectivity index (χ0n) is 38.8. The molecule has 0 amide bonds. The highest BCUT2D eigenvalue weighted by Gasteiger charge is 2.56. The molecule has 10 rings (SSSR count). The lowest BCUT2D eigenvalue weighted by Gasteiger charge is -2.51. The fourth-order valence-corrected chi connectivity index (χ4v) is 20.5. The topological polar surface area (TPSA) is 43.9 Å². The van der Waals surface area contributed by atoms with E-state index in [2.05, 4.69) is 14.7 Å². The van der Waals surface area contributed by atoms with Crippen LogP contribution in [0.3, 0.4) is 0 Å². The van der Waals surface area contributed by atoms with Crippen LogP contribution in [0.5, 0.6) is 0 Å². The predicted molar refractivity (Wildman–Crippen MR) is 250 cm³/mol. The van der Waals surface area contributed by atoms with E-state index >= 15 is 0 Å². The summed E-state index contributed by atoms with van der Waals surface area (Å²) in [5, 5.41) is -0.0529. The molecule has 0 radical (unpaired) electrons. The third kappa shape index (κ3) is 9.28. The van der Waals surface area contributed by atoms with Crippen LogP contribution in [-0.2, 0) is 9.84 Å². The molecule has 0 N–H and O–H groups in total. The van der Waals surface area contributed by atoms with Crippen LogP contribution in [0, 0.1) is 23.7 Å². The summed E-state index contributed by atoms with van der Waals surface area (Å²) >= 11 is 0. The summed E-state index contributed by atoms with van der Waals surface area (Å²) in [5.74, 6) is 3.47. The van der Waals surface area contributed by atoms with Crippen LogP contribution < -0.4 is 0 Å². The maximum absolute atomic E-state index is 13.7. The highest BCUT2D eigenvalue weighted by atomic mass is 32.2. The Kier molecular flexibility index (Phi) is 14.7. The Morgan fingerprint density at radius 1 is 0.317 bits per heavy atom. The zero-order chi connectivity index (χ0) is 40.5. The number of hydrogen-bond acceptors (Lipinski definition) is 5. The van der Waals surface area contributed by atoms with Crippen molar-refractivity contribution in [2.24, 2.45) is 23.7 Å². The van der Waals surface area contributed by atoms with Gasteiger partial charge in [-0.1, -0.05) is 96.3 Å². The lowest BCUT2D eigenvalue weighted by atomic mass is 9.69. The summed E-state index contributed by atoms with van der Waals surface area (Å²) < 4.78 is 27.3. The number of rotatable bonds is 10. The highest BCUT2D eigenvalue weighted by molar-refractivity contribution is 7.92. The normalized spacial score (nSPS) is 40.8. The van der Waals surface area contributed by atoms with Gasteiger partial charge in [0.15, 0.2) is 9.84 Å². The number of likely N-dealkylation sites (tertiary alicyclic amines) is 1. The van der Waals surface area contributed by atoms with Gasteiger partial charge in [0, 0.05) is 54.4 Å². The average molecular weight is 848 g/mol. The molecule has 0 aromatic rings. The Balaban J connectivity index is 0.852. The SMILES string of the molecule is O=S(=O)(C1CCCCC1)C1CCC(C2CCC(N3C4CCC(N(C5CCCCC5)C5CCCCC5)CC4C4CC(N(C5CCCCC5)C5CCCCC5)CCC43)CC2)CC1. The maximum Gasteiger partial charge on any atom is 0.156 e. The summed E-state index contributed by atoms with van der Waals surface area (Å²) in [4.78, 5) is 9.93. The largest absolute Gasteiger partial charge is 0.294 e. The van der Waals surface area contributed by atoms with Crippen LogP contribution in [0.25, 0.3) is 0 Å². The monoisotopic (exact) mass is 848 g/mol. The van der Waals surface area contributed by atoms with E-state index < -0.39 is 9.84 Å². The summed E-state index contributed by atoms with van der Waals surface area (Å²) in [6.45, 7) is 0. The van der Waals surface area contributed by atoms with Gasteiger partial charge in [0.1, 0.15) is 0 Å². The maximum atomic E-state index is 13.7. The smallest absolute Gasteiger partial charge is 0.156 e. The molecule has 0 spiro atoms. The van der Waals surface area contributed by atoms with Gasteiger partial charge in [0.25, 0.3) is 0 Å². The molecule has 342 valence electrons. The lowest BCUT2D eigenvalue weighted by molar-refractivity contribution is -0.00956. The first kappa shape index (κ1) is 43.7. The molecule has 10 fully saturated rings. The van der Waals surface area contributed by atoms with Crippen molar-refractivity contribution in [3.8, 4) is 0 Å². The standard InChI is InChI=1S/C54H93N3O2S/c58-60(59,49-24-14-5-15-25-49)50-34-28-41(29-35-50)40-26-30-46(31-27-40)57-53-36-32-47(55(42-16-6-1-7-17-42)43-18-8-2-9-19-43)38-51(53)52-39-48(33-37-54(52)57)56(44-20-10-3-11-21-44)45-22-12-4-13-23-45/h40-54H,1-39H2. The van der Waals surface area contributed by atoms with Crippen LogP contribution in [0.4, 0.5) is 0 Å². The van der Waals surface area contributed by atoms with E-state index in [1.165, 1.54) is 212 Å². The summed E-state index contributed by atoms with van der Waals surface area (Å²) in [6, 6.07) is 7.69. The molecule has 60 heavy (non-hydrogen) atoms. The molecule has 0 aromatic carbocycles. The zero-order valence-corrected chi connectivity index (χ0v) is 39.6. The first-order chi connectivity index (χ1) is 29.5. The van der Waals surface area contributed by atoms with E-state index in [-0.39, 0.29) is 10.5 Å². The van der Waals surface area contributed by atoms with E-state index in [0.717, 1.165) is 117 Å². The van der Waals surface area contributed by atoms with Gasteiger partial charge in [-0.05, 0) is 178 Å². The Morgan fingerprint density at radius 3 is 1.03 bits per heavy atom. The molecule has 6 atom stereocenters. The third-order valence-electron chi connectivity index (χ3n) is 20.8. The van der Waals surface area contributed by atoms with Gasteiger partial charge in [-0.3, -0.25) is 14.7 Å². The van der Waals surface area contributed by atoms with Gasteiger partial charge in [0.05, 0.1) is 10.5 Å². The van der Waals surface area contributed by atoms with Crippen molar-refractivity contribution in [1.82, 2.24) is 14.7 Å². The van der Waals surface area contributed by atoms with Gasteiger partial charge in [0.2, 0.25) is 0 Å². The molecule has 5 nitrogen and oxygen atoms in total. The second kappa shape index (κ2) is 20.1. The third-order valence-corrected chi connectivity index (χ3v) is 23.6. The molecular weight excluding hydrogens is 755 g/mol. The fraction of sp³-hybridized carbons (Fsp3) is 1.00. The van der Waals surface area contributed by atoms with E-state index in [9.17, 15) is 8.42 Å². The van der Waals surface area contributed by atoms with Crippen molar-refractivity contribution in [1.29, 1.82) is 0 Å². The Hall–Kier alpha value is -0.170. The minimum atomic E-state index is -2.94. The van der Waals surface area contributed by atoms with Crippen LogP contribution in [-0.4, -0.2) is 88.0 Å². The Morgan fingerprint density at radius 2 is 0.650 bits per heavy atom. The van der Waals surface area contributed by atoms with Gasteiger partial charge in [-0.15, -0.1) is 0 Å². The van der Waals surface area contributed by atoms with Gasteiger partial charge < -0.3 is 0 Å². The Labute approximate surface area is 370 Å². The number of hydrogen-bond donors (Lipinski definition) is 0. The van der Waals surface area contributed by atoms with E-state index in [0.29, 0.717) is 0 Å². The van der Waals surface area contributed by atoms with E-state index in [1.54, 1.807) is 0 Å². The molecule has 1 saturated heterocycles. The first-order valence-corrected chi connectivity index (χ1v) is 29.7. The van der Waals surface area contributed by atoms with Crippen molar-refractivity contribution in [3.63, 3.8) is 0 Å². The van der Waals surface area contributed by atoms with Gasteiger partial charge in [-0.25, -0.2) is 8.42 Å². The molecule has 1 heterocycles. The molecule has 9 aliphatic carbocycles. The minimum absolute atomic E-state index is 0.0216. The molecule has 1 aliphatic heterocycles. The van der Waals surface area contributed by atoms with Crippen molar-refractivity contribution in [2.75, 3.05) is 0 Å². The predicted octanol–water partition coefficient (Wildman–Crippen LogP) is 13.2. The molecule has 6 unspecified atom stereocenters. The molecular formula is C54H93N3O2S. The summed E-state index contributed by atoms with van der Waals surface area (Å²) in [7, 11) is -2.94. The van der Waals surface area contributed by atoms with Crippen molar-refractivity contribution < 1.29 is 8.42 Å². The number of sulfone groups is 1. The second-order valence-electron chi connectivity index (χ2n) is 23.9. The molecule has 10 aliphatic rings. The van der Waals surface area contributed by atoms with Gasteiger partial charge in [-0.2, -0.15) is 0 Å². The first-order valence-electron chi connectivity index (χ1n) is 28.1. The van der Waals surface area contributed by atoms with Crippen molar-refractivity contribution in [3.05, 3.63) is 0 Å². The van der Waals surface area contributed by atoms with Crippen LogP contribution in [0.1, 0.15) is 250 Å². The van der Waals surface area contributed by atoms with E-state index in [4.69, 9.17) is 0 Å². The molecule has 9 saturated carbocycles. The number of nitrogens with zero attached hydrogens (tertiary/aromatic N) is 3. The number of fused-ring (bicyclic) bond motifs is 3.